The smallest absolute Gasteiger partial charge is 0.230 e. The Morgan fingerprint density at radius 3 is 2.24 bits per heavy atom. The van der Waals surface area contributed by atoms with E-state index in [0.717, 1.165) is 57.8 Å². The summed E-state index contributed by atoms with van der Waals surface area (Å²) < 4.78 is 0. The Balaban J connectivity index is 1.84. The van der Waals surface area contributed by atoms with E-state index >= 15 is 0 Å². The molecule has 0 aromatic heterocycles. The highest BCUT2D eigenvalue weighted by molar-refractivity contribution is 5.83. The van der Waals surface area contributed by atoms with Crippen molar-refractivity contribution in [3.05, 3.63) is 0 Å². The van der Waals surface area contributed by atoms with Crippen LogP contribution >= 0.6 is 0 Å². The fourth-order valence-corrected chi connectivity index (χ4v) is 4.06. The fraction of sp³-hybridized carbons (Fsp3) is 0.941. The second-order valence-corrected chi connectivity index (χ2v) is 6.91. The van der Waals surface area contributed by atoms with Gasteiger partial charge in [0.25, 0.3) is 0 Å². The lowest BCUT2D eigenvalue weighted by molar-refractivity contribution is -0.143. The van der Waals surface area contributed by atoms with E-state index in [1.807, 2.05) is 0 Å². The molecular weight excluding hydrogens is 262 g/mol. The molecule has 1 heterocycles. The van der Waals surface area contributed by atoms with Crippen LogP contribution in [0.3, 0.4) is 0 Å². The molecule has 122 valence electrons. The van der Waals surface area contributed by atoms with Crippen LogP contribution in [-0.4, -0.2) is 55.0 Å². The Kier molecular flexibility index (Phi) is 6.06. The van der Waals surface area contributed by atoms with Crippen molar-refractivity contribution < 1.29 is 4.79 Å². The van der Waals surface area contributed by atoms with Gasteiger partial charge >= 0.3 is 0 Å². The fourth-order valence-electron chi connectivity index (χ4n) is 4.06. The molecule has 4 heteroatoms. The molecule has 0 aromatic carbocycles. The van der Waals surface area contributed by atoms with Gasteiger partial charge in [0.15, 0.2) is 0 Å². The Hall–Kier alpha value is -0.610. The minimum absolute atomic E-state index is 0.217. The Morgan fingerprint density at radius 1 is 1.19 bits per heavy atom. The van der Waals surface area contributed by atoms with Crippen LogP contribution < -0.4 is 5.73 Å². The van der Waals surface area contributed by atoms with Crippen LogP contribution in [-0.2, 0) is 4.79 Å². The lowest BCUT2D eigenvalue weighted by Crippen LogP contribution is -2.50. The van der Waals surface area contributed by atoms with Crippen molar-refractivity contribution in [2.75, 3.05) is 39.3 Å². The summed E-state index contributed by atoms with van der Waals surface area (Å²) in [6.45, 7) is 10.3. The molecule has 21 heavy (non-hydrogen) atoms. The zero-order chi connectivity index (χ0) is 15.3. The van der Waals surface area contributed by atoms with Gasteiger partial charge in [-0.3, -0.25) is 4.79 Å². The van der Waals surface area contributed by atoms with E-state index in [0.29, 0.717) is 12.5 Å². The first kappa shape index (κ1) is 16.8. The number of carbonyl (C=O) groups excluding carboxylic acids is 1. The van der Waals surface area contributed by atoms with E-state index in [1.54, 1.807) is 0 Å². The van der Waals surface area contributed by atoms with Gasteiger partial charge in [0.05, 0.1) is 5.41 Å². The summed E-state index contributed by atoms with van der Waals surface area (Å²) in [4.78, 5) is 17.4. The van der Waals surface area contributed by atoms with Crippen molar-refractivity contribution >= 4 is 5.91 Å². The van der Waals surface area contributed by atoms with E-state index in [4.69, 9.17) is 5.73 Å². The number of carbonyl (C=O) groups is 1. The normalized spacial score (nSPS) is 23.0. The highest BCUT2D eigenvalue weighted by atomic mass is 16.2. The average Bonchev–Trinajstić information content (AvgIpc) is 3.02. The lowest BCUT2D eigenvalue weighted by atomic mass is 9.83. The average molecular weight is 295 g/mol. The van der Waals surface area contributed by atoms with E-state index in [2.05, 4.69) is 23.6 Å². The van der Waals surface area contributed by atoms with Gasteiger partial charge < -0.3 is 15.5 Å². The van der Waals surface area contributed by atoms with Crippen molar-refractivity contribution in [3.8, 4) is 0 Å². The molecule has 0 spiro atoms. The molecule has 0 unspecified atom stereocenters. The second-order valence-electron chi connectivity index (χ2n) is 6.91. The molecule has 0 bridgehead atoms. The van der Waals surface area contributed by atoms with E-state index in [9.17, 15) is 4.79 Å². The van der Waals surface area contributed by atoms with Crippen molar-refractivity contribution in [2.45, 2.75) is 52.4 Å². The van der Waals surface area contributed by atoms with Crippen molar-refractivity contribution in [2.24, 2.45) is 17.1 Å². The standard InChI is InChI=1S/C17H33N3O/c1-3-19(4-2)13-15-7-11-20(12-8-15)16(21)17(14-18)9-5-6-10-17/h15H,3-14,18H2,1-2H3. The number of hydrogen-bond donors (Lipinski definition) is 1. The van der Waals surface area contributed by atoms with Crippen LogP contribution in [0.1, 0.15) is 52.4 Å². The first-order valence-corrected chi connectivity index (χ1v) is 8.87. The number of likely N-dealkylation sites (tertiary alicyclic amines) is 1. The first-order chi connectivity index (χ1) is 10.1. The highest BCUT2D eigenvalue weighted by Gasteiger charge is 2.42. The Bertz CT molecular complexity index is 327. The highest BCUT2D eigenvalue weighted by Crippen LogP contribution is 2.39. The minimum atomic E-state index is -0.217. The number of piperidine rings is 1. The van der Waals surface area contributed by atoms with Gasteiger partial charge in [-0.05, 0) is 44.7 Å². The van der Waals surface area contributed by atoms with Crippen LogP contribution in [0.4, 0.5) is 0 Å². The summed E-state index contributed by atoms with van der Waals surface area (Å²) >= 11 is 0. The summed E-state index contributed by atoms with van der Waals surface area (Å²) in [7, 11) is 0. The van der Waals surface area contributed by atoms with Crippen LogP contribution in [0, 0.1) is 11.3 Å². The molecule has 4 nitrogen and oxygen atoms in total. The topological polar surface area (TPSA) is 49.6 Å². The number of rotatable bonds is 6. The third-order valence-electron chi connectivity index (χ3n) is 5.72. The van der Waals surface area contributed by atoms with E-state index in [1.165, 1.54) is 19.4 Å². The van der Waals surface area contributed by atoms with Gasteiger partial charge in [0, 0.05) is 26.2 Å². The molecule has 1 amide bonds. The maximum absolute atomic E-state index is 12.8. The molecular formula is C17H33N3O. The molecule has 1 saturated carbocycles. The summed E-state index contributed by atoms with van der Waals surface area (Å²) in [5, 5.41) is 0. The summed E-state index contributed by atoms with van der Waals surface area (Å²) in [5.41, 5.74) is 5.73. The van der Waals surface area contributed by atoms with Gasteiger partial charge in [0.2, 0.25) is 5.91 Å². The van der Waals surface area contributed by atoms with Gasteiger partial charge in [-0.15, -0.1) is 0 Å². The number of hydrogen-bond acceptors (Lipinski definition) is 3. The molecule has 1 aliphatic heterocycles. The molecule has 0 radical (unpaired) electrons. The lowest BCUT2D eigenvalue weighted by Gasteiger charge is -2.39. The van der Waals surface area contributed by atoms with Crippen LogP contribution in [0.15, 0.2) is 0 Å². The number of nitrogens with two attached hydrogens (primary N) is 1. The van der Waals surface area contributed by atoms with Gasteiger partial charge in [-0.25, -0.2) is 0 Å². The predicted molar refractivity (Wildman–Crippen MR) is 87.0 cm³/mol. The van der Waals surface area contributed by atoms with Crippen LogP contribution in [0.5, 0.6) is 0 Å². The predicted octanol–water partition coefficient (Wildman–Crippen LogP) is 2.09. The molecule has 0 atom stereocenters. The molecule has 1 saturated heterocycles. The molecule has 2 N–H and O–H groups in total. The monoisotopic (exact) mass is 295 g/mol. The number of nitrogens with zero attached hydrogens (tertiary/aromatic N) is 2. The van der Waals surface area contributed by atoms with Gasteiger partial charge in [0.1, 0.15) is 0 Å². The van der Waals surface area contributed by atoms with E-state index < -0.39 is 0 Å². The maximum atomic E-state index is 12.8. The van der Waals surface area contributed by atoms with Crippen LogP contribution in [0.2, 0.25) is 0 Å². The second kappa shape index (κ2) is 7.59. The van der Waals surface area contributed by atoms with Crippen molar-refractivity contribution in [3.63, 3.8) is 0 Å². The summed E-state index contributed by atoms with van der Waals surface area (Å²) in [6, 6.07) is 0. The number of amides is 1. The third-order valence-corrected chi connectivity index (χ3v) is 5.72. The summed E-state index contributed by atoms with van der Waals surface area (Å²) in [6.07, 6.45) is 6.65. The van der Waals surface area contributed by atoms with Gasteiger partial charge in [-0.2, -0.15) is 0 Å². The van der Waals surface area contributed by atoms with Crippen molar-refractivity contribution in [1.29, 1.82) is 0 Å². The molecule has 2 fully saturated rings. The SMILES string of the molecule is CCN(CC)CC1CCN(C(=O)C2(CN)CCCC2)CC1. The first-order valence-electron chi connectivity index (χ1n) is 8.87. The quantitative estimate of drug-likeness (QED) is 0.816. The Labute approximate surface area is 130 Å². The van der Waals surface area contributed by atoms with Gasteiger partial charge in [-0.1, -0.05) is 26.7 Å². The van der Waals surface area contributed by atoms with Crippen molar-refractivity contribution in [1.82, 2.24) is 9.80 Å². The molecule has 2 aliphatic rings. The minimum Gasteiger partial charge on any atom is -0.342 e. The largest absolute Gasteiger partial charge is 0.342 e. The summed E-state index contributed by atoms with van der Waals surface area (Å²) in [5.74, 6) is 1.11. The third kappa shape index (κ3) is 3.78. The zero-order valence-electron chi connectivity index (χ0n) is 13.9. The zero-order valence-corrected chi connectivity index (χ0v) is 13.9. The maximum Gasteiger partial charge on any atom is 0.230 e. The molecule has 2 rings (SSSR count). The molecule has 1 aliphatic carbocycles. The Morgan fingerprint density at radius 2 is 1.76 bits per heavy atom. The van der Waals surface area contributed by atoms with E-state index in [-0.39, 0.29) is 5.41 Å². The molecule has 0 aromatic rings. The van der Waals surface area contributed by atoms with Crippen LogP contribution in [0.25, 0.3) is 0 Å².